The Labute approximate surface area is 198 Å². The molecule has 0 saturated carbocycles. The van der Waals surface area contributed by atoms with Crippen molar-refractivity contribution >= 4 is 5.97 Å². The van der Waals surface area contributed by atoms with Crippen LogP contribution in [-0.2, 0) is 6.42 Å². The second-order valence-corrected chi connectivity index (χ2v) is 8.52. The summed E-state index contributed by atoms with van der Waals surface area (Å²) in [6, 6.07) is 24.7. The number of rotatable bonds is 12. The van der Waals surface area contributed by atoms with Gasteiger partial charge in [-0.05, 0) is 65.9 Å². The first-order chi connectivity index (χ1) is 16.2. The van der Waals surface area contributed by atoms with E-state index in [2.05, 4.69) is 13.0 Å². The monoisotopic (exact) mass is 439 g/mol. The molecule has 3 rings (SSSR count). The van der Waals surface area contributed by atoms with Gasteiger partial charge in [0, 0.05) is 0 Å². The fourth-order valence-corrected chi connectivity index (χ4v) is 3.89. The first-order valence-corrected chi connectivity index (χ1v) is 12.1. The summed E-state index contributed by atoms with van der Waals surface area (Å²) in [5.41, 5.74) is 4.48. The zero-order valence-corrected chi connectivity index (χ0v) is 19.6. The normalized spacial score (nSPS) is 10.5. The van der Waals surface area contributed by atoms with Gasteiger partial charge in [0.25, 0.3) is 0 Å². The first-order valence-electron chi connectivity index (χ1n) is 12.1. The van der Waals surface area contributed by atoms with Crippen LogP contribution in [-0.4, -0.2) is 5.97 Å². The third kappa shape index (κ3) is 7.91. The number of benzene rings is 3. The standard InChI is InChI=1S/C30H33NO2/c1-2-3-4-5-6-7-8-9-10-24-11-17-28(18-12-24)30(32)33-29-21-19-27(20-22-29)26-15-13-25(23-31)14-16-26/h11-22H,2-10H2,1H3. The molecule has 0 unspecified atom stereocenters. The number of nitriles is 1. The maximum absolute atomic E-state index is 12.5. The number of nitrogens with zero attached hydrogens (tertiary/aromatic N) is 1. The van der Waals surface area contributed by atoms with Gasteiger partial charge in [-0.3, -0.25) is 0 Å². The van der Waals surface area contributed by atoms with Crippen LogP contribution in [0.25, 0.3) is 11.1 Å². The predicted molar refractivity (Wildman–Crippen MR) is 134 cm³/mol. The van der Waals surface area contributed by atoms with Crippen molar-refractivity contribution in [1.82, 2.24) is 0 Å². The van der Waals surface area contributed by atoms with Gasteiger partial charge < -0.3 is 4.74 Å². The number of ether oxygens (including phenoxy) is 1. The minimum atomic E-state index is -0.347. The van der Waals surface area contributed by atoms with Crippen LogP contribution >= 0.6 is 0 Å². The molecule has 3 aromatic rings. The van der Waals surface area contributed by atoms with Crippen LogP contribution in [0.5, 0.6) is 5.75 Å². The summed E-state index contributed by atoms with van der Waals surface area (Å²) in [4.78, 5) is 12.5. The summed E-state index contributed by atoms with van der Waals surface area (Å²) in [5.74, 6) is 0.167. The van der Waals surface area contributed by atoms with Crippen molar-refractivity contribution in [3.05, 3.63) is 89.5 Å². The van der Waals surface area contributed by atoms with E-state index in [-0.39, 0.29) is 5.97 Å². The lowest BCUT2D eigenvalue weighted by Crippen LogP contribution is -2.08. The van der Waals surface area contributed by atoms with Crippen molar-refractivity contribution in [3.8, 4) is 22.9 Å². The lowest BCUT2D eigenvalue weighted by atomic mass is 10.0. The number of carbonyl (C=O) groups excluding carboxylic acids is 1. The highest BCUT2D eigenvalue weighted by Crippen LogP contribution is 2.23. The number of carbonyl (C=O) groups is 1. The molecule has 0 aromatic heterocycles. The van der Waals surface area contributed by atoms with Crippen LogP contribution in [0.4, 0.5) is 0 Å². The summed E-state index contributed by atoms with van der Waals surface area (Å²) in [6.07, 6.45) is 11.6. The second-order valence-electron chi connectivity index (χ2n) is 8.52. The van der Waals surface area contributed by atoms with Crippen LogP contribution in [0.2, 0.25) is 0 Å². The molecule has 33 heavy (non-hydrogen) atoms. The molecule has 3 aromatic carbocycles. The van der Waals surface area contributed by atoms with Gasteiger partial charge in [-0.1, -0.05) is 88.3 Å². The van der Waals surface area contributed by atoms with E-state index in [1.807, 2.05) is 48.5 Å². The van der Waals surface area contributed by atoms with E-state index in [9.17, 15) is 4.79 Å². The van der Waals surface area contributed by atoms with Crippen molar-refractivity contribution in [2.45, 2.75) is 64.7 Å². The van der Waals surface area contributed by atoms with Gasteiger partial charge in [-0.15, -0.1) is 0 Å². The molecule has 0 fully saturated rings. The van der Waals surface area contributed by atoms with E-state index in [1.165, 1.54) is 56.9 Å². The third-order valence-electron chi connectivity index (χ3n) is 5.92. The molecule has 3 nitrogen and oxygen atoms in total. The van der Waals surface area contributed by atoms with Gasteiger partial charge in [0.1, 0.15) is 5.75 Å². The number of hydrogen-bond donors (Lipinski definition) is 0. The molecule has 0 spiro atoms. The zero-order chi connectivity index (χ0) is 23.3. The average molecular weight is 440 g/mol. The molecule has 0 aliphatic carbocycles. The Morgan fingerprint density at radius 1 is 0.727 bits per heavy atom. The molecule has 0 amide bonds. The summed E-state index contributed by atoms with van der Waals surface area (Å²) in [6.45, 7) is 2.25. The average Bonchev–Trinajstić information content (AvgIpc) is 2.86. The van der Waals surface area contributed by atoms with Gasteiger partial charge in [0.15, 0.2) is 0 Å². The Hall–Kier alpha value is -3.38. The van der Waals surface area contributed by atoms with Crippen molar-refractivity contribution in [2.24, 2.45) is 0 Å². The Morgan fingerprint density at radius 2 is 1.27 bits per heavy atom. The zero-order valence-electron chi connectivity index (χ0n) is 19.6. The minimum Gasteiger partial charge on any atom is -0.423 e. The Balaban J connectivity index is 1.44. The van der Waals surface area contributed by atoms with Crippen LogP contribution in [0.15, 0.2) is 72.8 Å². The molecule has 170 valence electrons. The smallest absolute Gasteiger partial charge is 0.343 e. The highest BCUT2D eigenvalue weighted by atomic mass is 16.5. The summed E-state index contributed by atoms with van der Waals surface area (Å²) < 4.78 is 5.54. The predicted octanol–water partition coefficient (Wildman–Crippen LogP) is 8.13. The molecule has 0 saturated heterocycles. The van der Waals surface area contributed by atoms with Crippen molar-refractivity contribution in [3.63, 3.8) is 0 Å². The molecule has 0 radical (unpaired) electrons. The molecular formula is C30H33NO2. The van der Waals surface area contributed by atoms with E-state index >= 15 is 0 Å². The highest BCUT2D eigenvalue weighted by Gasteiger charge is 2.09. The van der Waals surface area contributed by atoms with E-state index in [4.69, 9.17) is 10.00 Å². The third-order valence-corrected chi connectivity index (χ3v) is 5.92. The lowest BCUT2D eigenvalue weighted by Gasteiger charge is -2.07. The first kappa shape index (κ1) is 24.3. The molecule has 0 bridgehead atoms. The SMILES string of the molecule is CCCCCCCCCCc1ccc(C(=O)Oc2ccc(-c3ccc(C#N)cc3)cc2)cc1. The Bertz CT molecular complexity index is 1030. The van der Waals surface area contributed by atoms with Crippen LogP contribution in [0, 0.1) is 11.3 Å². The van der Waals surface area contributed by atoms with Crippen LogP contribution < -0.4 is 4.74 Å². The summed E-state index contributed by atoms with van der Waals surface area (Å²) in [7, 11) is 0. The Morgan fingerprint density at radius 3 is 1.85 bits per heavy atom. The van der Waals surface area contributed by atoms with E-state index < -0.39 is 0 Å². The molecule has 0 N–H and O–H groups in total. The van der Waals surface area contributed by atoms with E-state index in [0.29, 0.717) is 16.9 Å². The molecule has 0 heterocycles. The van der Waals surface area contributed by atoms with Crippen molar-refractivity contribution < 1.29 is 9.53 Å². The van der Waals surface area contributed by atoms with Crippen LogP contribution in [0.3, 0.4) is 0 Å². The largest absolute Gasteiger partial charge is 0.423 e. The second kappa shape index (κ2) is 13.2. The van der Waals surface area contributed by atoms with Crippen molar-refractivity contribution in [2.75, 3.05) is 0 Å². The number of hydrogen-bond acceptors (Lipinski definition) is 3. The van der Waals surface area contributed by atoms with Gasteiger partial charge in [0.05, 0.1) is 17.2 Å². The molecule has 0 aliphatic heterocycles. The number of unbranched alkanes of at least 4 members (excludes halogenated alkanes) is 7. The minimum absolute atomic E-state index is 0.347. The van der Waals surface area contributed by atoms with Gasteiger partial charge in [-0.25, -0.2) is 4.79 Å². The highest BCUT2D eigenvalue weighted by molar-refractivity contribution is 5.91. The molecular weight excluding hydrogens is 406 g/mol. The van der Waals surface area contributed by atoms with E-state index in [1.54, 1.807) is 24.3 Å². The molecule has 0 atom stereocenters. The maximum atomic E-state index is 12.5. The van der Waals surface area contributed by atoms with E-state index in [0.717, 1.165) is 17.5 Å². The Kier molecular flexibility index (Phi) is 9.73. The number of aryl methyl sites for hydroxylation is 1. The molecule has 3 heteroatoms. The fraction of sp³-hybridized carbons (Fsp3) is 0.333. The summed E-state index contributed by atoms with van der Waals surface area (Å²) in [5, 5.41) is 8.92. The van der Waals surface area contributed by atoms with Gasteiger partial charge in [0.2, 0.25) is 0 Å². The summed E-state index contributed by atoms with van der Waals surface area (Å²) >= 11 is 0. The number of esters is 1. The quantitative estimate of drug-likeness (QED) is 0.163. The van der Waals surface area contributed by atoms with Crippen molar-refractivity contribution in [1.29, 1.82) is 5.26 Å². The van der Waals surface area contributed by atoms with Crippen LogP contribution in [0.1, 0.15) is 79.8 Å². The fourth-order valence-electron chi connectivity index (χ4n) is 3.89. The lowest BCUT2D eigenvalue weighted by molar-refractivity contribution is 0.0735. The van der Waals surface area contributed by atoms with Gasteiger partial charge >= 0.3 is 5.97 Å². The molecule has 0 aliphatic rings. The maximum Gasteiger partial charge on any atom is 0.343 e. The topological polar surface area (TPSA) is 50.1 Å². The van der Waals surface area contributed by atoms with Gasteiger partial charge in [-0.2, -0.15) is 5.26 Å².